The second-order valence-corrected chi connectivity index (χ2v) is 6.22. The third kappa shape index (κ3) is 2.99. The predicted octanol–water partition coefficient (Wildman–Crippen LogP) is 2.97. The minimum atomic E-state index is 0.392. The van der Waals surface area contributed by atoms with Gasteiger partial charge in [0.25, 0.3) is 0 Å². The molecule has 3 atom stereocenters. The molecule has 2 fully saturated rings. The Bertz CT molecular complexity index is 448. The smallest absolute Gasteiger partial charge is 0.119 e. The fourth-order valence-electron chi connectivity index (χ4n) is 3.74. The van der Waals surface area contributed by atoms with E-state index >= 15 is 0 Å². The summed E-state index contributed by atoms with van der Waals surface area (Å²) >= 11 is 0. The number of fused-ring (bicyclic) bond motifs is 1. The van der Waals surface area contributed by atoms with Gasteiger partial charge in [-0.15, -0.1) is 0 Å². The SMILES string of the molecule is COc1cccc([C@H](C)NC2CCN3CCCC3C2)c1. The number of nitrogens with one attached hydrogen (secondary N) is 1. The van der Waals surface area contributed by atoms with E-state index < -0.39 is 0 Å². The van der Waals surface area contributed by atoms with E-state index in [4.69, 9.17) is 4.74 Å². The Kier molecular flexibility index (Phi) is 4.27. The lowest BCUT2D eigenvalue weighted by Crippen LogP contribution is -2.46. The van der Waals surface area contributed by atoms with Crippen molar-refractivity contribution in [2.45, 2.75) is 50.7 Å². The number of nitrogens with zero attached hydrogens (tertiary/aromatic N) is 1. The summed E-state index contributed by atoms with van der Waals surface area (Å²) in [6.07, 6.45) is 5.38. The van der Waals surface area contributed by atoms with E-state index in [1.165, 1.54) is 44.3 Å². The molecule has 1 aromatic carbocycles. The van der Waals surface area contributed by atoms with E-state index in [0.717, 1.165) is 11.8 Å². The van der Waals surface area contributed by atoms with Gasteiger partial charge in [0.1, 0.15) is 5.75 Å². The van der Waals surface area contributed by atoms with Crippen LogP contribution in [-0.2, 0) is 0 Å². The lowest BCUT2D eigenvalue weighted by Gasteiger charge is -2.36. The van der Waals surface area contributed by atoms with Crippen LogP contribution in [0.1, 0.15) is 44.2 Å². The quantitative estimate of drug-likeness (QED) is 0.913. The third-order valence-corrected chi connectivity index (χ3v) is 4.90. The maximum absolute atomic E-state index is 5.32. The first kappa shape index (κ1) is 13.9. The lowest BCUT2D eigenvalue weighted by molar-refractivity contribution is 0.162. The van der Waals surface area contributed by atoms with Crippen molar-refractivity contribution < 1.29 is 4.74 Å². The Labute approximate surface area is 122 Å². The van der Waals surface area contributed by atoms with Crippen LogP contribution in [0.5, 0.6) is 5.75 Å². The summed E-state index contributed by atoms with van der Waals surface area (Å²) in [7, 11) is 1.73. The number of hydrogen-bond acceptors (Lipinski definition) is 3. The van der Waals surface area contributed by atoms with Gasteiger partial charge in [0.2, 0.25) is 0 Å². The summed E-state index contributed by atoms with van der Waals surface area (Å²) < 4.78 is 5.32. The highest BCUT2D eigenvalue weighted by atomic mass is 16.5. The maximum atomic E-state index is 5.32. The minimum absolute atomic E-state index is 0.392. The normalized spacial score (nSPS) is 28.1. The van der Waals surface area contributed by atoms with Crippen molar-refractivity contribution in [3.63, 3.8) is 0 Å². The Morgan fingerprint density at radius 1 is 1.30 bits per heavy atom. The molecule has 110 valence electrons. The molecule has 0 amide bonds. The molecule has 2 aliphatic heterocycles. The van der Waals surface area contributed by atoms with Crippen LogP contribution in [-0.4, -0.2) is 37.2 Å². The van der Waals surface area contributed by atoms with Crippen molar-refractivity contribution in [1.29, 1.82) is 0 Å². The molecule has 2 unspecified atom stereocenters. The topological polar surface area (TPSA) is 24.5 Å². The van der Waals surface area contributed by atoms with Crippen LogP contribution in [0, 0.1) is 0 Å². The summed E-state index contributed by atoms with van der Waals surface area (Å²) in [6, 6.07) is 10.3. The van der Waals surface area contributed by atoms with E-state index in [2.05, 4.69) is 35.3 Å². The van der Waals surface area contributed by atoms with Gasteiger partial charge >= 0.3 is 0 Å². The highest BCUT2D eigenvalue weighted by Crippen LogP contribution is 2.28. The first-order chi connectivity index (χ1) is 9.76. The van der Waals surface area contributed by atoms with Crippen molar-refractivity contribution in [3.05, 3.63) is 29.8 Å². The van der Waals surface area contributed by atoms with Crippen molar-refractivity contribution in [2.75, 3.05) is 20.2 Å². The molecule has 2 saturated heterocycles. The average Bonchev–Trinajstić information content (AvgIpc) is 2.95. The van der Waals surface area contributed by atoms with Gasteiger partial charge in [-0.1, -0.05) is 12.1 Å². The predicted molar refractivity (Wildman–Crippen MR) is 82.2 cm³/mol. The number of methoxy groups -OCH3 is 1. The third-order valence-electron chi connectivity index (χ3n) is 4.90. The summed E-state index contributed by atoms with van der Waals surface area (Å²) in [6.45, 7) is 4.85. The molecule has 1 aromatic rings. The largest absolute Gasteiger partial charge is 0.497 e. The van der Waals surface area contributed by atoms with Gasteiger partial charge in [-0.3, -0.25) is 0 Å². The monoisotopic (exact) mass is 274 g/mol. The van der Waals surface area contributed by atoms with Gasteiger partial charge in [-0.05, 0) is 63.4 Å². The molecule has 2 heterocycles. The summed E-state index contributed by atoms with van der Waals surface area (Å²) in [4.78, 5) is 2.67. The maximum Gasteiger partial charge on any atom is 0.119 e. The van der Waals surface area contributed by atoms with Crippen molar-refractivity contribution in [3.8, 4) is 5.75 Å². The Hall–Kier alpha value is -1.06. The Morgan fingerprint density at radius 2 is 2.20 bits per heavy atom. The molecular weight excluding hydrogens is 248 g/mol. The molecule has 3 rings (SSSR count). The van der Waals surface area contributed by atoms with Crippen LogP contribution in [0.3, 0.4) is 0 Å². The molecule has 3 heteroatoms. The van der Waals surface area contributed by atoms with E-state index in [1.807, 2.05) is 6.07 Å². The van der Waals surface area contributed by atoms with Gasteiger partial charge in [0.15, 0.2) is 0 Å². The van der Waals surface area contributed by atoms with E-state index in [1.54, 1.807) is 7.11 Å². The molecule has 20 heavy (non-hydrogen) atoms. The highest BCUT2D eigenvalue weighted by molar-refractivity contribution is 5.30. The first-order valence-corrected chi connectivity index (χ1v) is 7.90. The molecular formula is C17H26N2O. The zero-order valence-corrected chi connectivity index (χ0v) is 12.6. The number of hydrogen-bond donors (Lipinski definition) is 1. The van der Waals surface area contributed by atoms with Crippen LogP contribution in [0.25, 0.3) is 0 Å². The summed E-state index contributed by atoms with van der Waals surface area (Å²) in [5.74, 6) is 0.946. The standard InChI is InChI=1S/C17H26N2O/c1-13(14-5-3-7-17(11-14)20-2)18-15-8-10-19-9-4-6-16(19)12-15/h3,5,7,11,13,15-16,18H,4,6,8-10,12H2,1-2H3/t13-,15?,16?/m0/s1. The zero-order chi connectivity index (χ0) is 13.9. The fraction of sp³-hybridized carbons (Fsp3) is 0.647. The fourth-order valence-corrected chi connectivity index (χ4v) is 3.74. The van der Waals surface area contributed by atoms with E-state index in [9.17, 15) is 0 Å². The average molecular weight is 274 g/mol. The number of benzene rings is 1. The molecule has 0 radical (unpaired) electrons. The van der Waals surface area contributed by atoms with Gasteiger partial charge in [0, 0.05) is 18.1 Å². The molecule has 3 nitrogen and oxygen atoms in total. The zero-order valence-electron chi connectivity index (χ0n) is 12.6. The second kappa shape index (κ2) is 6.15. The van der Waals surface area contributed by atoms with Crippen molar-refractivity contribution in [1.82, 2.24) is 10.2 Å². The van der Waals surface area contributed by atoms with Gasteiger partial charge in [0.05, 0.1) is 7.11 Å². The van der Waals surface area contributed by atoms with Gasteiger partial charge in [-0.25, -0.2) is 0 Å². The van der Waals surface area contributed by atoms with Gasteiger partial charge in [-0.2, -0.15) is 0 Å². The highest BCUT2D eigenvalue weighted by Gasteiger charge is 2.31. The van der Waals surface area contributed by atoms with Crippen LogP contribution < -0.4 is 10.1 Å². The molecule has 0 aromatic heterocycles. The number of rotatable bonds is 4. The van der Waals surface area contributed by atoms with E-state index in [-0.39, 0.29) is 0 Å². The van der Waals surface area contributed by atoms with E-state index in [0.29, 0.717) is 12.1 Å². The summed E-state index contributed by atoms with van der Waals surface area (Å²) in [5.41, 5.74) is 1.32. The lowest BCUT2D eigenvalue weighted by atomic mass is 9.96. The second-order valence-electron chi connectivity index (χ2n) is 6.22. The molecule has 0 bridgehead atoms. The molecule has 0 spiro atoms. The molecule has 0 aliphatic carbocycles. The van der Waals surface area contributed by atoms with Crippen molar-refractivity contribution >= 4 is 0 Å². The Morgan fingerprint density at radius 3 is 3.05 bits per heavy atom. The molecule has 1 N–H and O–H groups in total. The Balaban J connectivity index is 1.59. The van der Waals surface area contributed by atoms with Crippen LogP contribution >= 0.6 is 0 Å². The summed E-state index contributed by atoms with van der Waals surface area (Å²) in [5, 5.41) is 3.82. The number of piperidine rings is 1. The van der Waals surface area contributed by atoms with Crippen molar-refractivity contribution in [2.24, 2.45) is 0 Å². The molecule has 0 saturated carbocycles. The first-order valence-electron chi connectivity index (χ1n) is 7.90. The van der Waals surface area contributed by atoms with Crippen LogP contribution in [0.4, 0.5) is 0 Å². The number of ether oxygens (including phenoxy) is 1. The van der Waals surface area contributed by atoms with Gasteiger partial charge < -0.3 is 15.0 Å². The van der Waals surface area contributed by atoms with Crippen LogP contribution in [0.15, 0.2) is 24.3 Å². The minimum Gasteiger partial charge on any atom is -0.497 e. The molecule has 2 aliphatic rings. The van der Waals surface area contributed by atoms with Crippen LogP contribution in [0.2, 0.25) is 0 Å².